The van der Waals surface area contributed by atoms with Crippen molar-refractivity contribution in [1.82, 2.24) is 20.3 Å². The molecule has 19 heavy (non-hydrogen) atoms. The summed E-state index contributed by atoms with van der Waals surface area (Å²) in [4.78, 5) is 0. The first-order valence-electron chi connectivity index (χ1n) is 5.85. The Morgan fingerprint density at radius 3 is 2.58 bits per heavy atom. The van der Waals surface area contributed by atoms with E-state index in [1.807, 2.05) is 0 Å². The van der Waals surface area contributed by atoms with E-state index >= 15 is 0 Å². The normalized spacial score (nSPS) is 16.4. The van der Waals surface area contributed by atoms with Gasteiger partial charge in [0.1, 0.15) is 5.69 Å². The van der Waals surface area contributed by atoms with Gasteiger partial charge in [0, 0.05) is 18.7 Å². The third-order valence-electron chi connectivity index (χ3n) is 3.15. The predicted octanol–water partition coefficient (Wildman–Crippen LogP) is 2.11. The first kappa shape index (κ1) is 12.2. The minimum Gasteiger partial charge on any atom is -0.312 e. The lowest BCUT2D eigenvalue weighted by Gasteiger charge is -2.26. The van der Waals surface area contributed by atoms with E-state index in [2.05, 4.69) is 15.6 Å². The molecule has 1 N–H and O–H groups in total. The zero-order chi connectivity index (χ0) is 13.5. The molecule has 3 rings (SSSR count). The van der Waals surface area contributed by atoms with Crippen LogP contribution in [0, 0.1) is 0 Å². The largest absolute Gasteiger partial charge is 0.417 e. The molecule has 0 saturated carbocycles. The van der Waals surface area contributed by atoms with Gasteiger partial charge in [-0.15, -0.1) is 5.10 Å². The summed E-state index contributed by atoms with van der Waals surface area (Å²) in [5.41, 5.74) is -0.373. The Morgan fingerprint density at radius 2 is 1.95 bits per heavy atom. The topological polar surface area (TPSA) is 42.7 Å². The maximum atomic E-state index is 12.9. The lowest BCUT2D eigenvalue weighted by molar-refractivity contribution is -0.137. The molecule has 0 atom stereocenters. The molecule has 1 aromatic carbocycles. The van der Waals surface area contributed by atoms with E-state index in [0.717, 1.165) is 19.2 Å². The summed E-state index contributed by atoms with van der Waals surface area (Å²) in [5.74, 6) is 0. The van der Waals surface area contributed by atoms with Gasteiger partial charge < -0.3 is 5.32 Å². The van der Waals surface area contributed by atoms with Crippen LogP contribution in [0.15, 0.2) is 30.5 Å². The van der Waals surface area contributed by atoms with Crippen molar-refractivity contribution in [3.05, 3.63) is 36.0 Å². The third-order valence-corrected chi connectivity index (χ3v) is 3.15. The Bertz CT molecular complexity index is 587. The molecule has 1 aromatic heterocycles. The lowest BCUT2D eigenvalue weighted by Crippen LogP contribution is -2.43. The highest BCUT2D eigenvalue weighted by Gasteiger charge is 2.34. The molecule has 100 valence electrons. The predicted molar refractivity (Wildman–Crippen MR) is 62.4 cm³/mol. The summed E-state index contributed by atoms with van der Waals surface area (Å²) in [5, 5.41) is 10.8. The molecule has 0 amide bonds. The van der Waals surface area contributed by atoms with Crippen LogP contribution in [0.4, 0.5) is 13.2 Å². The van der Waals surface area contributed by atoms with Crippen molar-refractivity contribution in [2.45, 2.75) is 12.2 Å². The van der Waals surface area contributed by atoms with Crippen LogP contribution in [-0.4, -0.2) is 28.1 Å². The second kappa shape index (κ2) is 4.34. The van der Waals surface area contributed by atoms with Crippen LogP contribution < -0.4 is 5.32 Å². The fourth-order valence-corrected chi connectivity index (χ4v) is 1.99. The summed E-state index contributed by atoms with van der Waals surface area (Å²) in [6, 6.07) is 5.58. The quantitative estimate of drug-likeness (QED) is 0.907. The third kappa shape index (κ3) is 2.21. The Labute approximate surface area is 107 Å². The Hall–Kier alpha value is -1.89. The molecule has 0 unspecified atom stereocenters. The highest BCUT2D eigenvalue weighted by atomic mass is 19.4. The van der Waals surface area contributed by atoms with E-state index in [1.54, 1.807) is 16.9 Å². The van der Waals surface area contributed by atoms with Crippen molar-refractivity contribution >= 4 is 0 Å². The monoisotopic (exact) mass is 268 g/mol. The smallest absolute Gasteiger partial charge is 0.312 e. The molecule has 1 fully saturated rings. The van der Waals surface area contributed by atoms with E-state index < -0.39 is 11.7 Å². The SMILES string of the molecule is FC(F)(F)c1ccccc1-c1cn(C2CNC2)nn1. The molecule has 0 radical (unpaired) electrons. The van der Waals surface area contributed by atoms with Gasteiger partial charge in [-0.2, -0.15) is 13.2 Å². The number of rotatable bonds is 2. The summed E-state index contributed by atoms with van der Waals surface area (Å²) < 4.78 is 40.3. The molecule has 2 heterocycles. The summed E-state index contributed by atoms with van der Waals surface area (Å²) in [6.07, 6.45) is -2.82. The molecule has 1 saturated heterocycles. The molecule has 2 aromatic rings. The number of hydrogen-bond donors (Lipinski definition) is 1. The van der Waals surface area contributed by atoms with Gasteiger partial charge in [0.25, 0.3) is 0 Å². The van der Waals surface area contributed by atoms with Crippen LogP contribution >= 0.6 is 0 Å². The molecule has 1 aliphatic rings. The zero-order valence-electron chi connectivity index (χ0n) is 9.85. The fraction of sp³-hybridized carbons (Fsp3) is 0.333. The van der Waals surface area contributed by atoms with Gasteiger partial charge in [-0.3, -0.25) is 0 Å². The van der Waals surface area contributed by atoms with Crippen molar-refractivity contribution in [2.24, 2.45) is 0 Å². The van der Waals surface area contributed by atoms with E-state index in [4.69, 9.17) is 0 Å². The van der Waals surface area contributed by atoms with Crippen LogP contribution in [0.5, 0.6) is 0 Å². The summed E-state index contributed by atoms with van der Waals surface area (Å²) in [6.45, 7) is 1.54. The van der Waals surface area contributed by atoms with E-state index in [0.29, 0.717) is 0 Å². The van der Waals surface area contributed by atoms with Crippen molar-refractivity contribution in [3.63, 3.8) is 0 Å². The Kier molecular flexibility index (Phi) is 2.78. The number of nitrogens with one attached hydrogen (secondary N) is 1. The zero-order valence-corrected chi connectivity index (χ0v) is 9.85. The highest BCUT2D eigenvalue weighted by Crippen LogP contribution is 2.36. The van der Waals surface area contributed by atoms with Gasteiger partial charge >= 0.3 is 6.18 Å². The standard InChI is InChI=1S/C12H11F3N4/c13-12(14,15)10-4-2-1-3-9(10)11-7-19(18-17-11)8-5-16-6-8/h1-4,7-8,16H,5-6H2. The molecule has 4 nitrogen and oxygen atoms in total. The number of hydrogen-bond acceptors (Lipinski definition) is 3. The second-order valence-corrected chi connectivity index (χ2v) is 4.44. The van der Waals surface area contributed by atoms with Crippen molar-refractivity contribution in [2.75, 3.05) is 13.1 Å². The summed E-state index contributed by atoms with van der Waals surface area (Å²) >= 11 is 0. The van der Waals surface area contributed by atoms with Crippen LogP contribution in [0.1, 0.15) is 11.6 Å². The molecular weight excluding hydrogens is 257 g/mol. The van der Waals surface area contributed by atoms with Gasteiger partial charge in [0.2, 0.25) is 0 Å². The van der Waals surface area contributed by atoms with E-state index in [-0.39, 0.29) is 17.3 Å². The Balaban J connectivity index is 1.99. The summed E-state index contributed by atoms with van der Waals surface area (Å²) in [7, 11) is 0. The maximum absolute atomic E-state index is 12.9. The van der Waals surface area contributed by atoms with Crippen LogP contribution in [0.2, 0.25) is 0 Å². The van der Waals surface area contributed by atoms with Gasteiger partial charge in [0.05, 0.1) is 17.8 Å². The number of aromatic nitrogens is 3. The first-order chi connectivity index (χ1) is 9.05. The van der Waals surface area contributed by atoms with Gasteiger partial charge in [-0.25, -0.2) is 4.68 Å². The molecular formula is C12H11F3N4. The lowest BCUT2D eigenvalue weighted by atomic mass is 10.0. The average molecular weight is 268 g/mol. The molecule has 1 aliphatic heterocycles. The fourth-order valence-electron chi connectivity index (χ4n) is 1.99. The minimum atomic E-state index is -4.39. The number of halogens is 3. The molecule has 7 heteroatoms. The van der Waals surface area contributed by atoms with Gasteiger partial charge in [-0.1, -0.05) is 23.4 Å². The Morgan fingerprint density at radius 1 is 1.21 bits per heavy atom. The second-order valence-electron chi connectivity index (χ2n) is 4.44. The van der Waals surface area contributed by atoms with Crippen molar-refractivity contribution < 1.29 is 13.2 Å². The average Bonchev–Trinajstić information content (AvgIpc) is 2.75. The first-order valence-corrected chi connectivity index (χ1v) is 5.85. The molecule has 0 bridgehead atoms. The van der Waals surface area contributed by atoms with Crippen LogP contribution in [-0.2, 0) is 6.18 Å². The number of benzene rings is 1. The molecule has 0 spiro atoms. The van der Waals surface area contributed by atoms with Crippen LogP contribution in [0.3, 0.4) is 0 Å². The maximum Gasteiger partial charge on any atom is 0.417 e. The van der Waals surface area contributed by atoms with E-state index in [1.165, 1.54) is 12.1 Å². The van der Waals surface area contributed by atoms with Crippen LogP contribution in [0.25, 0.3) is 11.3 Å². The van der Waals surface area contributed by atoms with Gasteiger partial charge in [-0.05, 0) is 6.07 Å². The van der Waals surface area contributed by atoms with E-state index in [9.17, 15) is 13.2 Å². The molecule has 0 aliphatic carbocycles. The number of alkyl halides is 3. The highest BCUT2D eigenvalue weighted by molar-refractivity contribution is 5.63. The van der Waals surface area contributed by atoms with Gasteiger partial charge in [0.15, 0.2) is 0 Å². The minimum absolute atomic E-state index is 0.0635. The number of nitrogens with zero attached hydrogens (tertiary/aromatic N) is 3. The van der Waals surface area contributed by atoms with Crippen molar-refractivity contribution in [3.8, 4) is 11.3 Å². The van der Waals surface area contributed by atoms with Crippen molar-refractivity contribution in [1.29, 1.82) is 0 Å².